The van der Waals surface area contributed by atoms with E-state index in [1.807, 2.05) is 39.3 Å². The summed E-state index contributed by atoms with van der Waals surface area (Å²) in [7, 11) is 7.93. The lowest BCUT2D eigenvalue weighted by Crippen LogP contribution is -2.40. The number of aliphatic imine (C=N–C) groups is 1. The Morgan fingerprint density at radius 3 is 2.73 bits per heavy atom. The number of aromatic nitrogens is 2. The molecule has 6 heteroatoms. The van der Waals surface area contributed by atoms with Gasteiger partial charge in [0.1, 0.15) is 0 Å². The third-order valence-electron chi connectivity index (χ3n) is 5.05. The van der Waals surface area contributed by atoms with E-state index in [9.17, 15) is 0 Å². The molecule has 3 rings (SSSR count). The van der Waals surface area contributed by atoms with E-state index in [1.54, 1.807) is 0 Å². The van der Waals surface area contributed by atoms with Gasteiger partial charge in [0, 0.05) is 41.3 Å². The Morgan fingerprint density at radius 1 is 1.31 bits per heavy atom. The van der Waals surface area contributed by atoms with Crippen LogP contribution in [0.5, 0.6) is 0 Å². The topological polar surface area (TPSA) is 48.7 Å². The minimum absolute atomic E-state index is 0.688. The third kappa shape index (κ3) is 4.18. The van der Waals surface area contributed by atoms with Gasteiger partial charge in [0.05, 0.1) is 18.4 Å². The molecule has 140 valence electrons. The van der Waals surface area contributed by atoms with E-state index in [4.69, 9.17) is 0 Å². The van der Waals surface area contributed by atoms with Crippen LogP contribution in [0.1, 0.15) is 17.7 Å². The van der Waals surface area contributed by atoms with Crippen LogP contribution in [0.2, 0.25) is 0 Å². The first-order valence-electron chi connectivity index (χ1n) is 9.26. The Labute approximate surface area is 156 Å². The number of hydrogen-bond donors (Lipinski definition) is 1. The monoisotopic (exact) mass is 354 g/mol. The number of anilines is 1. The van der Waals surface area contributed by atoms with Crippen molar-refractivity contribution in [3.05, 3.63) is 47.8 Å². The fourth-order valence-corrected chi connectivity index (χ4v) is 3.65. The van der Waals surface area contributed by atoms with Gasteiger partial charge in [0.25, 0.3) is 0 Å². The summed E-state index contributed by atoms with van der Waals surface area (Å²) in [6.07, 6.45) is 4.28. The van der Waals surface area contributed by atoms with Gasteiger partial charge in [-0.25, -0.2) is 4.98 Å². The molecule has 0 amide bonds. The standard InChI is InChI=1S/C20H30N6/c1-21-19(22-13-18-14-23-20(24(2)3)25(18)4)26-11-10-17(15-26)12-16-8-6-5-7-9-16/h5-9,14,17H,10-13,15H2,1-4H3,(H,21,22). The Hall–Kier alpha value is -2.50. The summed E-state index contributed by atoms with van der Waals surface area (Å²) >= 11 is 0. The summed E-state index contributed by atoms with van der Waals surface area (Å²) < 4.78 is 2.11. The van der Waals surface area contributed by atoms with Crippen LogP contribution in [-0.4, -0.2) is 54.6 Å². The fourth-order valence-electron chi connectivity index (χ4n) is 3.65. The molecule has 1 aliphatic heterocycles. The van der Waals surface area contributed by atoms with Crippen molar-refractivity contribution in [3.8, 4) is 0 Å². The number of benzene rings is 1. The molecule has 0 aliphatic carbocycles. The zero-order chi connectivity index (χ0) is 18.5. The van der Waals surface area contributed by atoms with Gasteiger partial charge in [-0.15, -0.1) is 0 Å². The van der Waals surface area contributed by atoms with Crippen molar-refractivity contribution < 1.29 is 0 Å². The van der Waals surface area contributed by atoms with Crippen LogP contribution in [0.15, 0.2) is 41.5 Å². The van der Waals surface area contributed by atoms with Crippen molar-refractivity contribution in [1.82, 2.24) is 19.8 Å². The van der Waals surface area contributed by atoms with Gasteiger partial charge in [0.15, 0.2) is 5.96 Å². The van der Waals surface area contributed by atoms with E-state index in [2.05, 4.69) is 55.1 Å². The Balaban J connectivity index is 1.55. The highest BCUT2D eigenvalue weighted by molar-refractivity contribution is 5.80. The van der Waals surface area contributed by atoms with Crippen LogP contribution in [0, 0.1) is 5.92 Å². The summed E-state index contributed by atoms with van der Waals surface area (Å²) in [5.74, 6) is 2.63. The number of nitrogens with one attached hydrogen (secondary N) is 1. The van der Waals surface area contributed by atoms with Gasteiger partial charge in [-0.3, -0.25) is 4.99 Å². The predicted octanol–water partition coefficient (Wildman–Crippen LogP) is 2.13. The molecule has 26 heavy (non-hydrogen) atoms. The highest BCUT2D eigenvalue weighted by Gasteiger charge is 2.25. The molecule has 2 heterocycles. The molecule has 6 nitrogen and oxygen atoms in total. The number of nitrogens with zero attached hydrogens (tertiary/aromatic N) is 5. The van der Waals surface area contributed by atoms with Gasteiger partial charge in [-0.1, -0.05) is 30.3 Å². The van der Waals surface area contributed by atoms with Crippen LogP contribution in [-0.2, 0) is 20.0 Å². The summed E-state index contributed by atoms with van der Waals surface area (Å²) in [4.78, 5) is 13.4. The highest BCUT2D eigenvalue weighted by Crippen LogP contribution is 2.21. The minimum Gasteiger partial charge on any atom is -0.351 e. The molecule has 1 fully saturated rings. The molecule has 1 aliphatic rings. The van der Waals surface area contributed by atoms with E-state index in [-0.39, 0.29) is 0 Å². The normalized spacial score (nSPS) is 17.6. The molecule has 2 aromatic rings. The van der Waals surface area contributed by atoms with E-state index in [0.717, 1.165) is 43.7 Å². The second-order valence-corrected chi connectivity index (χ2v) is 7.19. The molecule has 1 atom stereocenters. The number of likely N-dealkylation sites (tertiary alicyclic amines) is 1. The first-order valence-corrected chi connectivity index (χ1v) is 9.26. The summed E-state index contributed by atoms with van der Waals surface area (Å²) in [5, 5.41) is 3.50. The van der Waals surface area contributed by atoms with Crippen LogP contribution < -0.4 is 10.2 Å². The van der Waals surface area contributed by atoms with E-state index >= 15 is 0 Å². The second-order valence-electron chi connectivity index (χ2n) is 7.19. The zero-order valence-corrected chi connectivity index (χ0v) is 16.3. The molecule has 1 aromatic heterocycles. The van der Waals surface area contributed by atoms with Crippen molar-refractivity contribution in [2.45, 2.75) is 19.4 Å². The second kappa shape index (κ2) is 8.25. The van der Waals surface area contributed by atoms with Crippen LogP contribution >= 0.6 is 0 Å². The van der Waals surface area contributed by atoms with E-state index in [1.165, 1.54) is 12.0 Å². The average Bonchev–Trinajstić information content (AvgIpc) is 3.24. The lowest BCUT2D eigenvalue weighted by molar-refractivity contribution is 0.459. The van der Waals surface area contributed by atoms with Gasteiger partial charge >= 0.3 is 0 Å². The van der Waals surface area contributed by atoms with Gasteiger partial charge in [-0.2, -0.15) is 0 Å². The van der Waals surface area contributed by atoms with Crippen LogP contribution in [0.25, 0.3) is 0 Å². The zero-order valence-electron chi connectivity index (χ0n) is 16.3. The molecule has 0 spiro atoms. The molecule has 0 radical (unpaired) electrons. The van der Waals surface area contributed by atoms with E-state index in [0.29, 0.717) is 5.92 Å². The van der Waals surface area contributed by atoms with Crippen LogP contribution in [0.4, 0.5) is 5.95 Å². The maximum Gasteiger partial charge on any atom is 0.204 e. The highest BCUT2D eigenvalue weighted by atomic mass is 15.3. The molecule has 0 bridgehead atoms. The maximum atomic E-state index is 4.49. The number of guanidine groups is 1. The summed E-state index contributed by atoms with van der Waals surface area (Å²) in [5.41, 5.74) is 2.57. The number of hydrogen-bond acceptors (Lipinski definition) is 3. The van der Waals surface area contributed by atoms with Crippen molar-refractivity contribution >= 4 is 11.9 Å². The third-order valence-corrected chi connectivity index (χ3v) is 5.05. The largest absolute Gasteiger partial charge is 0.351 e. The van der Waals surface area contributed by atoms with Crippen molar-refractivity contribution in [2.75, 3.05) is 39.1 Å². The molecule has 1 saturated heterocycles. The number of rotatable bonds is 5. The Kier molecular flexibility index (Phi) is 5.81. The van der Waals surface area contributed by atoms with Crippen molar-refractivity contribution in [1.29, 1.82) is 0 Å². The first kappa shape index (κ1) is 18.3. The molecular formula is C20H30N6. The van der Waals surface area contributed by atoms with Crippen LogP contribution in [0.3, 0.4) is 0 Å². The molecule has 0 saturated carbocycles. The number of imidazole rings is 1. The quantitative estimate of drug-likeness (QED) is 0.660. The summed E-state index contributed by atoms with van der Waals surface area (Å²) in [6, 6.07) is 10.8. The fraction of sp³-hybridized carbons (Fsp3) is 0.500. The first-order chi connectivity index (χ1) is 12.6. The van der Waals surface area contributed by atoms with Gasteiger partial charge in [-0.05, 0) is 24.3 Å². The minimum atomic E-state index is 0.688. The van der Waals surface area contributed by atoms with Gasteiger partial charge in [0.2, 0.25) is 5.95 Å². The lowest BCUT2D eigenvalue weighted by Gasteiger charge is -2.22. The molecule has 1 N–H and O–H groups in total. The Bertz CT molecular complexity index is 734. The predicted molar refractivity (Wildman–Crippen MR) is 108 cm³/mol. The molecule has 1 unspecified atom stereocenters. The molecule has 1 aromatic carbocycles. The molecular weight excluding hydrogens is 324 g/mol. The maximum absolute atomic E-state index is 4.49. The van der Waals surface area contributed by atoms with E-state index < -0.39 is 0 Å². The Morgan fingerprint density at radius 2 is 2.08 bits per heavy atom. The average molecular weight is 355 g/mol. The SMILES string of the molecule is CN=C(NCc1cnc(N(C)C)n1C)N1CCC(Cc2ccccc2)C1. The van der Waals surface area contributed by atoms with Gasteiger partial charge < -0.3 is 19.7 Å². The van der Waals surface area contributed by atoms with Crippen molar-refractivity contribution in [2.24, 2.45) is 18.0 Å². The van der Waals surface area contributed by atoms with Crippen molar-refractivity contribution in [3.63, 3.8) is 0 Å². The summed E-state index contributed by atoms with van der Waals surface area (Å²) in [6.45, 7) is 2.85. The lowest BCUT2D eigenvalue weighted by atomic mass is 9.99. The smallest absolute Gasteiger partial charge is 0.204 e.